The second-order valence-corrected chi connectivity index (χ2v) is 4.34. The van der Waals surface area contributed by atoms with Crippen molar-refractivity contribution in [3.8, 4) is 0 Å². The lowest BCUT2D eigenvalue weighted by Gasteiger charge is -2.33. The first-order valence-corrected chi connectivity index (χ1v) is 5.39. The highest BCUT2D eigenvalue weighted by molar-refractivity contribution is 14.0. The van der Waals surface area contributed by atoms with E-state index in [1.54, 1.807) is 0 Å². The maximum Gasteiger partial charge on any atom is 0.188 e. The fourth-order valence-corrected chi connectivity index (χ4v) is 1.50. The van der Waals surface area contributed by atoms with Crippen LogP contribution in [0.4, 0.5) is 4.39 Å². The first-order valence-electron chi connectivity index (χ1n) is 5.39. The first kappa shape index (κ1) is 15.7. The number of nitrogens with zero attached hydrogens (tertiary/aromatic N) is 1. The molecule has 0 heterocycles. The molecule has 3 nitrogen and oxygen atoms in total. The summed E-state index contributed by atoms with van der Waals surface area (Å²) in [6.07, 6.45) is 2.92. The highest BCUT2D eigenvalue weighted by atomic mass is 127. The van der Waals surface area contributed by atoms with Crippen molar-refractivity contribution in [2.45, 2.75) is 38.3 Å². The second-order valence-electron chi connectivity index (χ2n) is 4.34. The van der Waals surface area contributed by atoms with Crippen molar-refractivity contribution >= 4 is 29.9 Å². The van der Waals surface area contributed by atoms with Gasteiger partial charge in [0.2, 0.25) is 0 Å². The van der Waals surface area contributed by atoms with Crippen LogP contribution in [0.15, 0.2) is 17.1 Å². The number of aliphatic imine (C=N–C) groups is 1. The zero-order valence-electron chi connectivity index (χ0n) is 9.76. The molecule has 16 heavy (non-hydrogen) atoms. The molecule has 1 aliphatic rings. The molecule has 0 atom stereocenters. The molecule has 1 aliphatic carbocycles. The lowest BCUT2D eigenvalue weighted by Crippen LogP contribution is -2.39. The van der Waals surface area contributed by atoms with Crippen molar-refractivity contribution in [3.05, 3.63) is 12.2 Å². The summed E-state index contributed by atoms with van der Waals surface area (Å²) in [6.45, 7) is 6.69. The van der Waals surface area contributed by atoms with Crippen LogP contribution in [0.2, 0.25) is 0 Å². The van der Waals surface area contributed by atoms with E-state index in [0.717, 1.165) is 12.0 Å². The largest absolute Gasteiger partial charge is 0.370 e. The van der Waals surface area contributed by atoms with E-state index in [0.29, 0.717) is 38.3 Å². The molecule has 0 aromatic heterocycles. The van der Waals surface area contributed by atoms with E-state index in [1.807, 2.05) is 6.92 Å². The van der Waals surface area contributed by atoms with Crippen LogP contribution in [-0.4, -0.2) is 24.7 Å². The summed E-state index contributed by atoms with van der Waals surface area (Å²) < 4.78 is 13.5. The molecule has 1 saturated carbocycles. The third-order valence-corrected chi connectivity index (χ3v) is 2.65. The van der Waals surface area contributed by atoms with Gasteiger partial charge in [0.15, 0.2) is 5.96 Å². The van der Waals surface area contributed by atoms with Crippen LogP contribution < -0.4 is 11.1 Å². The topological polar surface area (TPSA) is 50.4 Å². The van der Waals surface area contributed by atoms with Crippen LogP contribution in [0.25, 0.3) is 0 Å². The molecule has 1 rings (SSSR count). The summed E-state index contributed by atoms with van der Waals surface area (Å²) in [4.78, 5) is 4.05. The lowest BCUT2D eigenvalue weighted by atomic mass is 9.80. The van der Waals surface area contributed by atoms with Gasteiger partial charge in [0.05, 0.1) is 6.54 Å². The van der Waals surface area contributed by atoms with Gasteiger partial charge in [-0.1, -0.05) is 12.2 Å². The SMILES string of the molecule is C=C(C)CN=C(N)NCCC1(F)CCC1.I. The number of hydrogen-bond donors (Lipinski definition) is 2. The van der Waals surface area contributed by atoms with Gasteiger partial charge in [0.1, 0.15) is 5.67 Å². The third kappa shape index (κ3) is 5.67. The Morgan fingerprint density at radius 3 is 2.62 bits per heavy atom. The van der Waals surface area contributed by atoms with Crippen molar-refractivity contribution in [1.29, 1.82) is 0 Å². The van der Waals surface area contributed by atoms with Gasteiger partial charge < -0.3 is 11.1 Å². The number of alkyl halides is 1. The van der Waals surface area contributed by atoms with Crippen LogP contribution in [0.5, 0.6) is 0 Å². The highest BCUT2D eigenvalue weighted by Gasteiger charge is 2.36. The molecule has 0 bridgehead atoms. The number of hydrogen-bond acceptors (Lipinski definition) is 1. The Bertz CT molecular complexity index is 262. The summed E-state index contributed by atoms with van der Waals surface area (Å²) >= 11 is 0. The highest BCUT2D eigenvalue weighted by Crippen LogP contribution is 2.38. The molecular weight excluding hydrogens is 320 g/mol. The predicted octanol–water partition coefficient (Wildman–Crippen LogP) is 2.37. The average Bonchev–Trinajstić information content (AvgIpc) is 2.12. The minimum Gasteiger partial charge on any atom is -0.370 e. The summed E-state index contributed by atoms with van der Waals surface area (Å²) in [5, 5.41) is 2.91. The minimum absolute atomic E-state index is 0. The van der Waals surface area contributed by atoms with Gasteiger partial charge in [-0.05, 0) is 32.6 Å². The molecule has 0 amide bonds. The van der Waals surface area contributed by atoms with Gasteiger partial charge in [-0.25, -0.2) is 9.38 Å². The molecule has 0 aliphatic heterocycles. The van der Waals surface area contributed by atoms with E-state index < -0.39 is 5.67 Å². The normalized spacial score (nSPS) is 18.2. The van der Waals surface area contributed by atoms with E-state index in [4.69, 9.17) is 5.73 Å². The fraction of sp³-hybridized carbons (Fsp3) is 0.727. The molecular formula is C11H21FIN3. The minimum atomic E-state index is -0.943. The van der Waals surface area contributed by atoms with E-state index in [9.17, 15) is 4.39 Å². The van der Waals surface area contributed by atoms with Crippen LogP contribution >= 0.6 is 24.0 Å². The molecule has 0 radical (unpaired) electrons. The monoisotopic (exact) mass is 341 g/mol. The number of rotatable bonds is 5. The summed E-state index contributed by atoms with van der Waals surface area (Å²) in [6, 6.07) is 0. The average molecular weight is 341 g/mol. The van der Waals surface area contributed by atoms with Crippen molar-refractivity contribution in [3.63, 3.8) is 0 Å². The Balaban J connectivity index is 0.00000225. The zero-order valence-corrected chi connectivity index (χ0v) is 12.1. The van der Waals surface area contributed by atoms with Crippen LogP contribution in [0.3, 0.4) is 0 Å². The molecule has 1 fully saturated rings. The number of guanidine groups is 1. The van der Waals surface area contributed by atoms with Gasteiger partial charge >= 0.3 is 0 Å². The molecule has 0 spiro atoms. The zero-order chi connectivity index (χ0) is 11.3. The number of nitrogens with one attached hydrogen (secondary N) is 1. The van der Waals surface area contributed by atoms with Gasteiger partial charge in [-0.3, -0.25) is 0 Å². The standard InChI is InChI=1S/C11H20FN3.HI/c1-9(2)8-15-10(13)14-7-6-11(12)4-3-5-11;/h1,3-8H2,2H3,(H3,13,14,15);1H. The lowest BCUT2D eigenvalue weighted by molar-refractivity contribution is 0.0555. The molecule has 5 heteroatoms. The number of nitrogens with two attached hydrogens (primary N) is 1. The maximum atomic E-state index is 13.5. The van der Waals surface area contributed by atoms with Crippen LogP contribution in [0.1, 0.15) is 32.6 Å². The van der Waals surface area contributed by atoms with E-state index in [-0.39, 0.29) is 24.0 Å². The Morgan fingerprint density at radius 2 is 2.19 bits per heavy atom. The molecule has 94 valence electrons. The van der Waals surface area contributed by atoms with E-state index >= 15 is 0 Å². The van der Waals surface area contributed by atoms with E-state index in [2.05, 4.69) is 16.9 Å². The maximum absolute atomic E-state index is 13.5. The van der Waals surface area contributed by atoms with Crippen molar-refractivity contribution < 1.29 is 4.39 Å². The quantitative estimate of drug-likeness (QED) is 0.349. The Hall–Kier alpha value is -0.330. The second kappa shape index (κ2) is 7.09. The first-order chi connectivity index (χ1) is 7.02. The molecule has 0 aromatic rings. The van der Waals surface area contributed by atoms with Gasteiger partial charge in [-0.2, -0.15) is 0 Å². The Morgan fingerprint density at radius 1 is 1.56 bits per heavy atom. The molecule has 0 aromatic carbocycles. The molecule has 0 saturated heterocycles. The summed E-state index contributed by atoms with van der Waals surface area (Å²) in [5.74, 6) is 0.376. The van der Waals surface area contributed by atoms with Crippen LogP contribution in [-0.2, 0) is 0 Å². The van der Waals surface area contributed by atoms with Gasteiger partial charge in [0, 0.05) is 6.54 Å². The van der Waals surface area contributed by atoms with Gasteiger partial charge in [0.25, 0.3) is 0 Å². The summed E-state index contributed by atoms with van der Waals surface area (Å²) in [5.41, 5.74) is 5.60. The van der Waals surface area contributed by atoms with Crippen molar-refractivity contribution in [2.24, 2.45) is 10.7 Å². The van der Waals surface area contributed by atoms with Crippen molar-refractivity contribution in [1.82, 2.24) is 5.32 Å². The van der Waals surface area contributed by atoms with E-state index in [1.165, 1.54) is 0 Å². The fourth-order valence-electron chi connectivity index (χ4n) is 1.50. The Labute approximate surface area is 114 Å². The smallest absolute Gasteiger partial charge is 0.188 e. The third-order valence-electron chi connectivity index (χ3n) is 2.65. The molecule has 3 N–H and O–H groups in total. The van der Waals surface area contributed by atoms with Crippen molar-refractivity contribution in [2.75, 3.05) is 13.1 Å². The van der Waals surface area contributed by atoms with Gasteiger partial charge in [-0.15, -0.1) is 24.0 Å². The van der Waals surface area contributed by atoms with Crippen LogP contribution in [0, 0.1) is 0 Å². The Kier molecular flexibility index (Phi) is 6.94. The number of halogens is 2. The predicted molar refractivity (Wildman–Crippen MR) is 77.0 cm³/mol. The molecule has 0 unspecified atom stereocenters. The summed E-state index contributed by atoms with van der Waals surface area (Å²) in [7, 11) is 0.